The first kappa shape index (κ1) is 29.7. The van der Waals surface area contributed by atoms with Crippen molar-refractivity contribution in [3.8, 4) is 45.3 Å². The fourth-order valence-corrected chi connectivity index (χ4v) is 7.14. The summed E-state index contributed by atoms with van der Waals surface area (Å²) in [4.78, 5) is 15.2. The van der Waals surface area contributed by atoms with Gasteiger partial charge >= 0.3 is 0 Å². The van der Waals surface area contributed by atoms with E-state index in [1.165, 1.54) is 22.3 Å². The molecule has 50 heavy (non-hydrogen) atoms. The van der Waals surface area contributed by atoms with Gasteiger partial charge in [0.1, 0.15) is 11.2 Å². The Morgan fingerprint density at radius 3 is 1.70 bits per heavy atom. The molecule has 4 nitrogen and oxygen atoms in total. The number of para-hydroxylation sites is 1. The van der Waals surface area contributed by atoms with E-state index >= 15 is 0 Å². The highest BCUT2D eigenvalue weighted by molar-refractivity contribution is 6.14. The van der Waals surface area contributed by atoms with Gasteiger partial charge in [-0.1, -0.05) is 165 Å². The minimum Gasteiger partial charge on any atom is -0.455 e. The molecule has 1 unspecified atom stereocenters. The van der Waals surface area contributed by atoms with Crippen LogP contribution in [0.15, 0.2) is 168 Å². The predicted octanol–water partition coefficient (Wildman–Crippen LogP) is 11.9. The first-order valence-electron chi connectivity index (χ1n) is 17.1. The van der Waals surface area contributed by atoms with Crippen LogP contribution >= 0.6 is 0 Å². The lowest BCUT2D eigenvalue weighted by atomic mass is 9.82. The summed E-state index contributed by atoms with van der Waals surface area (Å²) >= 11 is 0. The zero-order chi connectivity index (χ0) is 33.4. The van der Waals surface area contributed by atoms with Crippen molar-refractivity contribution in [2.45, 2.75) is 13.3 Å². The van der Waals surface area contributed by atoms with Crippen LogP contribution in [0.1, 0.15) is 24.5 Å². The van der Waals surface area contributed by atoms with Crippen LogP contribution in [0.5, 0.6) is 0 Å². The number of furan rings is 1. The van der Waals surface area contributed by atoms with E-state index in [9.17, 15) is 0 Å². The standard InChI is InChI=1S/C46H33N3O/c1-30-29-36(27-28-37(30)33-15-7-3-8-16-33)38-19-11-20-39-42-40(21-12-22-41(42)50-43(38)39)46-48-44(34-17-9-4-10-18-34)47-45(49-46)35-25-23-32(24-26-35)31-13-5-2-6-14-31/h2-28,30H,29H2,1H3. The molecule has 1 aliphatic carbocycles. The second-order valence-electron chi connectivity index (χ2n) is 12.9. The quantitative estimate of drug-likeness (QED) is 0.181. The maximum absolute atomic E-state index is 6.70. The Bertz CT molecular complexity index is 2550. The van der Waals surface area contributed by atoms with Gasteiger partial charge < -0.3 is 4.42 Å². The van der Waals surface area contributed by atoms with Gasteiger partial charge in [0.2, 0.25) is 0 Å². The van der Waals surface area contributed by atoms with Crippen LogP contribution in [0.3, 0.4) is 0 Å². The normalized spacial score (nSPS) is 14.5. The highest BCUT2D eigenvalue weighted by Crippen LogP contribution is 2.42. The molecule has 238 valence electrons. The van der Waals surface area contributed by atoms with Gasteiger partial charge in [-0.05, 0) is 46.2 Å². The van der Waals surface area contributed by atoms with Gasteiger partial charge in [0.05, 0.1) is 0 Å². The summed E-state index contributed by atoms with van der Waals surface area (Å²) in [7, 11) is 0. The monoisotopic (exact) mass is 643 g/mol. The molecule has 0 radical (unpaired) electrons. The van der Waals surface area contributed by atoms with Crippen molar-refractivity contribution in [1.29, 1.82) is 0 Å². The second-order valence-corrected chi connectivity index (χ2v) is 12.9. The van der Waals surface area contributed by atoms with Crippen LogP contribution in [0.4, 0.5) is 0 Å². The average molecular weight is 644 g/mol. The molecule has 1 aliphatic rings. The number of allylic oxidation sites excluding steroid dienone is 4. The number of benzene rings is 6. The van der Waals surface area contributed by atoms with E-state index in [0.29, 0.717) is 23.4 Å². The van der Waals surface area contributed by atoms with E-state index in [1.54, 1.807) is 0 Å². The number of aromatic nitrogens is 3. The van der Waals surface area contributed by atoms with Gasteiger partial charge in [-0.2, -0.15) is 0 Å². The fourth-order valence-electron chi connectivity index (χ4n) is 7.14. The molecule has 0 N–H and O–H groups in total. The minimum absolute atomic E-state index is 0.384. The Labute approximate surface area is 291 Å². The Kier molecular flexibility index (Phi) is 7.47. The Hall–Kier alpha value is -6.39. The summed E-state index contributed by atoms with van der Waals surface area (Å²) in [6.45, 7) is 2.31. The Morgan fingerprint density at radius 2 is 1.02 bits per heavy atom. The number of hydrogen-bond donors (Lipinski definition) is 0. The number of nitrogens with zero attached hydrogens (tertiary/aromatic N) is 3. The van der Waals surface area contributed by atoms with Gasteiger partial charge in [0.25, 0.3) is 0 Å². The molecule has 0 saturated carbocycles. The van der Waals surface area contributed by atoms with Crippen molar-refractivity contribution in [2.75, 3.05) is 0 Å². The zero-order valence-corrected chi connectivity index (χ0v) is 27.6. The highest BCUT2D eigenvalue weighted by Gasteiger charge is 2.23. The SMILES string of the molecule is CC1CC(c2cccc3c2oc2cccc(-c4nc(-c5ccccc5)nc(-c5ccc(-c6ccccc6)cc5)n4)c23)=CC=C1c1ccccc1. The molecular weight excluding hydrogens is 611 g/mol. The summed E-state index contributed by atoms with van der Waals surface area (Å²) in [5.74, 6) is 2.25. The van der Waals surface area contributed by atoms with Gasteiger partial charge in [0.15, 0.2) is 17.5 Å². The molecule has 0 spiro atoms. The third-order valence-corrected chi connectivity index (χ3v) is 9.66. The van der Waals surface area contributed by atoms with Crippen LogP contribution < -0.4 is 0 Å². The minimum atomic E-state index is 0.384. The van der Waals surface area contributed by atoms with Gasteiger partial charge in [-0.3, -0.25) is 0 Å². The largest absolute Gasteiger partial charge is 0.455 e. The molecule has 1 atom stereocenters. The van der Waals surface area contributed by atoms with E-state index in [4.69, 9.17) is 19.4 Å². The first-order valence-corrected chi connectivity index (χ1v) is 17.1. The summed E-state index contributed by atoms with van der Waals surface area (Å²) in [6.07, 6.45) is 5.47. The molecular formula is C46H33N3O. The second kappa shape index (κ2) is 12.6. The summed E-state index contributed by atoms with van der Waals surface area (Å²) in [6, 6.07) is 52.2. The molecule has 2 heterocycles. The molecule has 0 saturated heterocycles. The van der Waals surface area contributed by atoms with Crippen molar-refractivity contribution < 1.29 is 4.42 Å². The lowest BCUT2D eigenvalue weighted by molar-refractivity contribution is 0.666. The van der Waals surface area contributed by atoms with Crippen molar-refractivity contribution >= 4 is 33.1 Å². The maximum Gasteiger partial charge on any atom is 0.164 e. The first-order chi connectivity index (χ1) is 24.7. The highest BCUT2D eigenvalue weighted by atomic mass is 16.3. The van der Waals surface area contributed by atoms with Crippen LogP contribution in [0.25, 0.3) is 78.4 Å². The summed E-state index contributed by atoms with van der Waals surface area (Å²) < 4.78 is 6.70. The maximum atomic E-state index is 6.70. The summed E-state index contributed by atoms with van der Waals surface area (Å²) in [5.41, 5.74) is 11.8. The predicted molar refractivity (Wildman–Crippen MR) is 205 cm³/mol. The van der Waals surface area contributed by atoms with Crippen LogP contribution in [0, 0.1) is 5.92 Å². The molecule has 0 fully saturated rings. The number of fused-ring (bicyclic) bond motifs is 3. The van der Waals surface area contributed by atoms with Crippen molar-refractivity contribution in [1.82, 2.24) is 15.0 Å². The van der Waals surface area contributed by atoms with E-state index in [1.807, 2.05) is 48.5 Å². The van der Waals surface area contributed by atoms with Crippen molar-refractivity contribution in [2.24, 2.45) is 5.92 Å². The van der Waals surface area contributed by atoms with E-state index in [-0.39, 0.29) is 0 Å². The van der Waals surface area contributed by atoms with Crippen LogP contribution in [-0.2, 0) is 0 Å². The summed E-state index contributed by atoms with van der Waals surface area (Å²) in [5, 5.41) is 2.06. The number of rotatable bonds is 6. The number of hydrogen-bond acceptors (Lipinski definition) is 4. The molecule has 2 aromatic heterocycles. The van der Waals surface area contributed by atoms with Crippen molar-refractivity contribution in [3.63, 3.8) is 0 Å². The molecule has 9 rings (SSSR count). The van der Waals surface area contributed by atoms with Crippen molar-refractivity contribution in [3.05, 3.63) is 175 Å². The van der Waals surface area contributed by atoms with Gasteiger partial charge in [0, 0.05) is 33.0 Å². The molecule has 6 aromatic carbocycles. The van der Waals surface area contributed by atoms with E-state index in [0.717, 1.165) is 56.2 Å². The van der Waals surface area contributed by atoms with Gasteiger partial charge in [-0.25, -0.2) is 15.0 Å². The molecule has 0 bridgehead atoms. The van der Waals surface area contributed by atoms with Crippen LogP contribution in [0.2, 0.25) is 0 Å². The Balaban J connectivity index is 1.18. The third kappa shape index (κ3) is 5.41. The molecule has 8 aromatic rings. The molecule has 0 aliphatic heterocycles. The van der Waals surface area contributed by atoms with Crippen LogP contribution in [-0.4, -0.2) is 15.0 Å². The molecule has 0 amide bonds. The average Bonchev–Trinajstić information content (AvgIpc) is 3.58. The van der Waals surface area contributed by atoms with Gasteiger partial charge in [-0.15, -0.1) is 0 Å². The molecule has 4 heteroatoms. The van der Waals surface area contributed by atoms with E-state index in [2.05, 4.69) is 122 Å². The lowest BCUT2D eigenvalue weighted by Gasteiger charge is -2.22. The zero-order valence-electron chi connectivity index (χ0n) is 27.6. The fraction of sp³-hybridized carbons (Fsp3) is 0.0652. The smallest absolute Gasteiger partial charge is 0.164 e. The third-order valence-electron chi connectivity index (χ3n) is 9.66. The lowest BCUT2D eigenvalue weighted by Crippen LogP contribution is -2.04. The van der Waals surface area contributed by atoms with E-state index < -0.39 is 0 Å². The Morgan fingerprint density at radius 1 is 0.480 bits per heavy atom. The topological polar surface area (TPSA) is 51.8 Å².